The Kier molecular flexibility index (Phi) is 5.52. The molecule has 1 aliphatic rings. The van der Waals surface area contributed by atoms with Gasteiger partial charge >= 0.3 is 0 Å². The van der Waals surface area contributed by atoms with Gasteiger partial charge in [0.25, 0.3) is 5.91 Å². The molecule has 1 aliphatic carbocycles. The number of carbonyl (C=O) groups is 1. The van der Waals surface area contributed by atoms with Crippen molar-refractivity contribution in [3.05, 3.63) is 72.1 Å². The van der Waals surface area contributed by atoms with Crippen LogP contribution in [0.3, 0.4) is 0 Å². The third-order valence-electron chi connectivity index (χ3n) is 5.58. The zero-order chi connectivity index (χ0) is 21.1. The molecular weight excluding hydrogens is 396 g/mol. The normalized spacial score (nSPS) is 15.4. The summed E-state index contributed by atoms with van der Waals surface area (Å²) in [6, 6.07) is 15.1. The molecule has 1 aromatic heterocycles. The van der Waals surface area contributed by atoms with Gasteiger partial charge < -0.3 is 11.5 Å². The van der Waals surface area contributed by atoms with E-state index in [1.165, 1.54) is 0 Å². The molecule has 2 aromatic carbocycles. The molecule has 1 fully saturated rings. The van der Waals surface area contributed by atoms with Gasteiger partial charge in [-0.3, -0.25) is 9.93 Å². The highest BCUT2D eigenvalue weighted by atomic mass is 32.2. The molecule has 30 heavy (non-hydrogen) atoms. The van der Waals surface area contributed by atoms with Crippen LogP contribution >= 0.6 is 11.9 Å². The van der Waals surface area contributed by atoms with E-state index < -0.39 is 5.41 Å². The van der Waals surface area contributed by atoms with Gasteiger partial charge in [0.15, 0.2) is 0 Å². The molecule has 152 valence electrons. The number of nitrogen functional groups attached to an aromatic ring is 1. The second kappa shape index (κ2) is 8.25. The highest BCUT2D eigenvalue weighted by molar-refractivity contribution is 7.97. The van der Waals surface area contributed by atoms with Gasteiger partial charge in [-0.15, -0.1) is 0 Å². The highest BCUT2D eigenvalue weighted by Gasteiger charge is 2.42. The van der Waals surface area contributed by atoms with Crippen LogP contribution in [0.5, 0.6) is 0 Å². The monoisotopic (exact) mass is 418 g/mol. The number of amidine groups is 1. The first kappa shape index (κ1) is 20.1. The van der Waals surface area contributed by atoms with E-state index in [1.807, 2.05) is 30.3 Å². The number of aliphatic imine (C=N–C) groups is 1. The predicted molar refractivity (Wildman–Crippen MR) is 120 cm³/mol. The summed E-state index contributed by atoms with van der Waals surface area (Å²) in [4.78, 5) is 25.8. The van der Waals surface area contributed by atoms with Crippen LogP contribution in [0.15, 0.2) is 70.8 Å². The van der Waals surface area contributed by atoms with Crippen LogP contribution in [0, 0.1) is 0 Å². The first-order valence-electron chi connectivity index (χ1n) is 9.56. The first-order chi connectivity index (χ1) is 14.5. The molecule has 8 heteroatoms. The number of hydrogen-bond acceptors (Lipinski definition) is 6. The first-order valence-corrected chi connectivity index (χ1v) is 10.4. The fourth-order valence-corrected chi connectivity index (χ4v) is 4.03. The average molecular weight is 419 g/mol. The van der Waals surface area contributed by atoms with Gasteiger partial charge in [-0.1, -0.05) is 36.8 Å². The molecule has 0 spiro atoms. The van der Waals surface area contributed by atoms with Crippen molar-refractivity contribution in [1.29, 1.82) is 0 Å². The molecule has 0 radical (unpaired) electrons. The summed E-state index contributed by atoms with van der Waals surface area (Å²) < 4.78 is 0. The van der Waals surface area contributed by atoms with Gasteiger partial charge in [-0.2, -0.15) is 4.99 Å². The van der Waals surface area contributed by atoms with Gasteiger partial charge in [0, 0.05) is 28.4 Å². The fraction of sp³-hybridized carbons (Fsp3) is 0.182. The third-order valence-corrected chi connectivity index (χ3v) is 6.11. The minimum absolute atomic E-state index is 0.244. The van der Waals surface area contributed by atoms with Crippen molar-refractivity contribution in [3.63, 3.8) is 0 Å². The number of carbonyl (C=O) groups excluding carboxylic acids is 1. The number of anilines is 1. The van der Waals surface area contributed by atoms with Crippen LogP contribution in [0.4, 0.5) is 5.95 Å². The number of nitrogens with two attached hydrogens (primary N) is 3. The lowest BCUT2D eigenvalue weighted by Gasteiger charge is -2.41. The van der Waals surface area contributed by atoms with E-state index in [0.29, 0.717) is 11.4 Å². The summed E-state index contributed by atoms with van der Waals surface area (Å²) in [5.74, 6) is 0.242. The van der Waals surface area contributed by atoms with Crippen LogP contribution in [0.2, 0.25) is 0 Å². The molecule has 0 bridgehead atoms. The summed E-state index contributed by atoms with van der Waals surface area (Å²) in [7, 11) is 0. The van der Waals surface area contributed by atoms with Gasteiger partial charge in [0.05, 0.1) is 5.41 Å². The second-order valence-corrected chi connectivity index (χ2v) is 8.00. The number of nitrogens with zero attached hydrogens (tertiary/aromatic N) is 3. The standard InChI is InChI=1S/C22H22N6OS/c23-20(28-19(29)15-3-1-4-18(11-15)30-25)22(9-2-10-22)17-7-5-14(6-8-17)16-12-26-21(24)27-13-16/h1,3-8,11-13H,2,9-10,25H2,(H2,23,28,29)(H2,24,26,27). The van der Waals surface area contributed by atoms with Gasteiger partial charge in [0.1, 0.15) is 5.84 Å². The lowest BCUT2D eigenvalue weighted by molar-refractivity contribution is 0.100. The maximum Gasteiger partial charge on any atom is 0.278 e. The zero-order valence-corrected chi connectivity index (χ0v) is 17.1. The van der Waals surface area contributed by atoms with Crippen LogP contribution in [0.1, 0.15) is 35.2 Å². The average Bonchev–Trinajstić information content (AvgIpc) is 2.74. The number of aromatic nitrogens is 2. The van der Waals surface area contributed by atoms with Crippen LogP contribution < -0.4 is 16.6 Å². The molecule has 7 nitrogen and oxygen atoms in total. The summed E-state index contributed by atoms with van der Waals surface area (Å²) in [5.41, 5.74) is 14.9. The molecule has 1 saturated carbocycles. The van der Waals surface area contributed by atoms with Crippen molar-refractivity contribution >= 4 is 29.6 Å². The number of amides is 1. The summed E-state index contributed by atoms with van der Waals surface area (Å²) in [6.45, 7) is 0. The molecule has 0 aliphatic heterocycles. The van der Waals surface area contributed by atoms with Crippen molar-refractivity contribution in [1.82, 2.24) is 9.97 Å². The summed E-state index contributed by atoms with van der Waals surface area (Å²) >= 11 is 1.09. The van der Waals surface area contributed by atoms with Gasteiger partial charge in [-0.05, 0) is 54.1 Å². The van der Waals surface area contributed by atoms with Crippen molar-refractivity contribution in [2.24, 2.45) is 15.9 Å². The number of benzene rings is 2. The van der Waals surface area contributed by atoms with E-state index in [0.717, 1.165) is 52.8 Å². The minimum atomic E-state index is -0.411. The largest absolute Gasteiger partial charge is 0.386 e. The van der Waals surface area contributed by atoms with Crippen molar-refractivity contribution in [3.8, 4) is 11.1 Å². The quantitative estimate of drug-likeness (QED) is 0.329. The van der Waals surface area contributed by atoms with E-state index in [9.17, 15) is 4.79 Å². The molecule has 0 saturated heterocycles. The highest BCUT2D eigenvalue weighted by Crippen LogP contribution is 2.44. The Morgan fingerprint density at radius 3 is 2.33 bits per heavy atom. The Hall–Kier alpha value is -3.23. The Labute approximate surface area is 179 Å². The second-order valence-electron chi connectivity index (χ2n) is 7.29. The summed E-state index contributed by atoms with van der Waals surface area (Å²) in [5, 5.41) is 5.59. The number of hydrogen-bond donors (Lipinski definition) is 3. The maximum atomic E-state index is 12.7. The maximum absolute atomic E-state index is 12.7. The smallest absolute Gasteiger partial charge is 0.278 e. The zero-order valence-electron chi connectivity index (χ0n) is 16.3. The molecule has 1 amide bonds. The third kappa shape index (κ3) is 3.79. The van der Waals surface area contributed by atoms with Gasteiger partial charge in [0.2, 0.25) is 5.95 Å². The molecule has 0 atom stereocenters. The van der Waals surface area contributed by atoms with E-state index in [-0.39, 0.29) is 11.9 Å². The Balaban J connectivity index is 1.60. The van der Waals surface area contributed by atoms with E-state index in [1.54, 1.807) is 30.6 Å². The lowest BCUT2D eigenvalue weighted by atomic mass is 9.63. The van der Waals surface area contributed by atoms with Crippen molar-refractivity contribution in [2.45, 2.75) is 29.6 Å². The van der Waals surface area contributed by atoms with Crippen LogP contribution in [-0.4, -0.2) is 21.7 Å². The molecule has 0 unspecified atom stereocenters. The Morgan fingerprint density at radius 1 is 1.03 bits per heavy atom. The molecule has 1 heterocycles. The molecule has 6 N–H and O–H groups in total. The minimum Gasteiger partial charge on any atom is -0.386 e. The molecular formula is C22H22N6OS. The predicted octanol–water partition coefficient (Wildman–Crippen LogP) is 3.31. The van der Waals surface area contributed by atoms with E-state index >= 15 is 0 Å². The van der Waals surface area contributed by atoms with E-state index in [2.05, 4.69) is 15.0 Å². The Bertz CT molecular complexity index is 1090. The SMILES string of the molecule is NSc1cccc(C(=O)N=C(N)C2(c3ccc(-c4cnc(N)nc4)cc3)CCC2)c1. The number of rotatable bonds is 5. The van der Waals surface area contributed by atoms with Crippen LogP contribution in [-0.2, 0) is 5.41 Å². The van der Waals surface area contributed by atoms with Crippen LogP contribution in [0.25, 0.3) is 11.1 Å². The fourth-order valence-electron chi connectivity index (χ4n) is 3.68. The van der Waals surface area contributed by atoms with Crippen molar-refractivity contribution < 1.29 is 4.79 Å². The lowest BCUT2D eigenvalue weighted by Crippen LogP contribution is -2.47. The van der Waals surface area contributed by atoms with Gasteiger partial charge in [-0.25, -0.2) is 9.97 Å². The molecule has 3 aromatic rings. The molecule has 4 rings (SSSR count). The van der Waals surface area contributed by atoms with Crippen molar-refractivity contribution in [2.75, 3.05) is 5.73 Å². The summed E-state index contributed by atoms with van der Waals surface area (Å²) in [6.07, 6.45) is 6.14. The van der Waals surface area contributed by atoms with E-state index in [4.69, 9.17) is 16.6 Å². The topological polar surface area (TPSA) is 133 Å². The Morgan fingerprint density at radius 2 is 1.73 bits per heavy atom.